The fraction of sp³-hybridized carbons (Fsp3) is 0.583. The second kappa shape index (κ2) is 4.31. The summed E-state index contributed by atoms with van der Waals surface area (Å²) in [5, 5.41) is 12.3. The van der Waals surface area contributed by atoms with E-state index in [1.165, 1.54) is 0 Å². The first-order chi connectivity index (χ1) is 7.67. The summed E-state index contributed by atoms with van der Waals surface area (Å²) in [5.74, 6) is -0.410. The normalized spacial score (nSPS) is 12.3. The van der Waals surface area contributed by atoms with Crippen LogP contribution in [0.2, 0.25) is 0 Å². The van der Waals surface area contributed by atoms with Gasteiger partial charge in [0.05, 0.1) is 11.0 Å². The van der Waals surface area contributed by atoms with E-state index in [1.807, 2.05) is 20.8 Å². The number of hydrogen-bond donors (Lipinski definition) is 2. The van der Waals surface area contributed by atoms with Crippen molar-refractivity contribution in [2.24, 2.45) is 5.41 Å². The SMILES string of the molecule is Cc1ccnc(NC(C)(C)C(C)(C)C(=O)O)n1. The van der Waals surface area contributed by atoms with E-state index in [9.17, 15) is 9.90 Å². The molecule has 0 unspecified atom stereocenters. The lowest BCUT2D eigenvalue weighted by molar-refractivity contribution is -0.149. The third-order valence-corrected chi connectivity index (χ3v) is 3.32. The number of carbonyl (C=O) groups is 1. The highest BCUT2D eigenvalue weighted by molar-refractivity contribution is 5.76. The van der Waals surface area contributed by atoms with Gasteiger partial charge in [0.1, 0.15) is 0 Å². The standard InChI is InChI=1S/C12H19N3O2/c1-8-6-7-13-10(14-8)15-12(4,5)11(2,3)9(16)17/h6-7H,1-5H3,(H,16,17)(H,13,14,15). The van der Waals surface area contributed by atoms with Crippen LogP contribution < -0.4 is 5.32 Å². The highest BCUT2D eigenvalue weighted by atomic mass is 16.4. The molecule has 0 atom stereocenters. The van der Waals surface area contributed by atoms with Crippen LogP contribution in [0.5, 0.6) is 0 Å². The Kier molecular flexibility index (Phi) is 3.40. The summed E-state index contributed by atoms with van der Waals surface area (Å²) >= 11 is 0. The largest absolute Gasteiger partial charge is 0.481 e. The molecule has 17 heavy (non-hydrogen) atoms. The van der Waals surface area contributed by atoms with Crippen LogP contribution in [0.4, 0.5) is 5.95 Å². The molecular weight excluding hydrogens is 218 g/mol. The zero-order valence-electron chi connectivity index (χ0n) is 10.9. The number of anilines is 1. The zero-order valence-corrected chi connectivity index (χ0v) is 10.9. The van der Waals surface area contributed by atoms with E-state index in [2.05, 4.69) is 15.3 Å². The van der Waals surface area contributed by atoms with Gasteiger partial charge in [0.25, 0.3) is 0 Å². The summed E-state index contributed by atoms with van der Waals surface area (Å²) in [4.78, 5) is 19.5. The van der Waals surface area contributed by atoms with Crippen molar-refractivity contribution in [3.8, 4) is 0 Å². The maximum atomic E-state index is 11.2. The number of rotatable bonds is 4. The Hall–Kier alpha value is -1.65. The quantitative estimate of drug-likeness (QED) is 0.838. The summed E-state index contributed by atoms with van der Waals surface area (Å²) in [6.45, 7) is 8.87. The Labute approximate surface area is 101 Å². The maximum absolute atomic E-state index is 11.2. The zero-order chi connectivity index (χ0) is 13.3. The predicted molar refractivity (Wildman–Crippen MR) is 65.9 cm³/mol. The van der Waals surface area contributed by atoms with Gasteiger partial charge in [-0.3, -0.25) is 4.79 Å². The van der Waals surface area contributed by atoms with Gasteiger partial charge in [-0.1, -0.05) is 0 Å². The number of aromatic nitrogens is 2. The Morgan fingerprint density at radius 3 is 2.41 bits per heavy atom. The number of carboxylic acids is 1. The third-order valence-electron chi connectivity index (χ3n) is 3.32. The molecule has 0 bridgehead atoms. The number of nitrogens with zero attached hydrogens (tertiary/aromatic N) is 2. The van der Waals surface area contributed by atoms with Gasteiger partial charge in [-0.15, -0.1) is 0 Å². The van der Waals surface area contributed by atoms with Gasteiger partial charge in [-0.2, -0.15) is 0 Å². The van der Waals surface area contributed by atoms with Gasteiger partial charge < -0.3 is 10.4 Å². The third kappa shape index (κ3) is 2.72. The van der Waals surface area contributed by atoms with Crippen molar-refractivity contribution in [1.82, 2.24) is 9.97 Å². The van der Waals surface area contributed by atoms with Crippen molar-refractivity contribution in [2.45, 2.75) is 40.2 Å². The van der Waals surface area contributed by atoms with Crippen LogP contribution in [0.1, 0.15) is 33.4 Å². The Balaban J connectivity index is 2.97. The van der Waals surface area contributed by atoms with Crippen molar-refractivity contribution in [1.29, 1.82) is 0 Å². The molecule has 0 amide bonds. The monoisotopic (exact) mass is 237 g/mol. The number of carboxylic acid groups (broad SMARTS) is 1. The Bertz CT molecular complexity index is 428. The highest BCUT2D eigenvalue weighted by Crippen LogP contribution is 2.33. The molecule has 0 aliphatic rings. The molecule has 0 saturated heterocycles. The van der Waals surface area contributed by atoms with Crippen molar-refractivity contribution in [3.63, 3.8) is 0 Å². The molecule has 1 aromatic heterocycles. The van der Waals surface area contributed by atoms with E-state index in [1.54, 1.807) is 26.1 Å². The molecule has 94 valence electrons. The van der Waals surface area contributed by atoms with Crippen LogP contribution in [0.25, 0.3) is 0 Å². The van der Waals surface area contributed by atoms with E-state index in [4.69, 9.17) is 0 Å². The van der Waals surface area contributed by atoms with Gasteiger partial charge in [-0.05, 0) is 40.7 Å². The van der Waals surface area contributed by atoms with E-state index in [0.29, 0.717) is 5.95 Å². The molecular formula is C12H19N3O2. The average Bonchev–Trinajstić information content (AvgIpc) is 2.16. The van der Waals surface area contributed by atoms with Gasteiger partial charge in [0.15, 0.2) is 0 Å². The summed E-state index contributed by atoms with van der Waals surface area (Å²) in [5.41, 5.74) is -0.751. The summed E-state index contributed by atoms with van der Waals surface area (Å²) in [6, 6.07) is 1.79. The minimum atomic E-state index is -0.930. The van der Waals surface area contributed by atoms with E-state index < -0.39 is 16.9 Å². The lowest BCUT2D eigenvalue weighted by atomic mass is 9.74. The molecule has 0 aliphatic carbocycles. The molecule has 0 aromatic carbocycles. The number of aryl methyl sites for hydroxylation is 1. The summed E-state index contributed by atoms with van der Waals surface area (Å²) < 4.78 is 0. The first kappa shape index (κ1) is 13.4. The number of aliphatic carboxylic acids is 1. The molecule has 0 fully saturated rings. The van der Waals surface area contributed by atoms with Crippen LogP contribution in [-0.2, 0) is 4.79 Å². The molecule has 1 aromatic rings. The van der Waals surface area contributed by atoms with E-state index in [0.717, 1.165) is 5.69 Å². The maximum Gasteiger partial charge on any atom is 0.311 e. The van der Waals surface area contributed by atoms with Crippen LogP contribution in [-0.4, -0.2) is 26.6 Å². The Morgan fingerprint density at radius 1 is 1.35 bits per heavy atom. The fourth-order valence-corrected chi connectivity index (χ4v) is 1.21. The Morgan fingerprint density at radius 2 is 1.94 bits per heavy atom. The van der Waals surface area contributed by atoms with Crippen molar-refractivity contribution >= 4 is 11.9 Å². The molecule has 0 spiro atoms. The lowest BCUT2D eigenvalue weighted by Crippen LogP contribution is -2.51. The van der Waals surface area contributed by atoms with Crippen molar-refractivity contribution in [2.75, 3.05) is 5.32 Å². The van der Waals surface area contributed by atoms with Gasteiger partial charge >= 0.3 is 5.97 Å². The lowest BCUT2D eigenvalue weighted by Gasteiger charge is -2.38. The number of hydrogen-bond acceptors (Lipinski definition) is 4. The molecule has 1 heterocycles. The molecule has 0 aliphatic heterocycles. The summed E-state index contributed by atoms with van der Waals surface area (Å²) in [7, 11) is 0. The minimum Gasteiger partial charge on any atom is -0.481 e. The number of nitrogens with one attached hydrogen (secondary N) is 1. The van der Waals surface area contributed by atoms with E-state index >= 15 is 0 Å². The molecule has 2 N–H and O–H groups in total. The second-order valence-corrected chi connectivity index (χ2v) is 5.20. The summed E-state index contributed by atoms with van der Waals surface area (Å²) in [6.07, 6.45) is 1.65. The molecule has 0 saturated carbocycles. The first-order valence-electron chi connectivity index (χ1n) is 5.48. The van der Waals surface area contributed by atoms with Crippen molar-refractivity contribution < 1.29 is 9.90 Å². The molecule has 0 radical (unpaired) electrons. The van der Waals surface area contributed by atoms with Crippen LogP contribution >= 0.6 is 0 Å². The van der Waals surface area contributed by atoms with Crippen LogP contribution in [0.3, 0.4) is 0 Å². The minimum absolute atomic E-state index is 0.448. The van der Waals surface area contributed by atoms with Crippen LogP contribution in [0.15, 0.2) is 12.3 Å². The first-order valence-corrected chi connectivity index (χ1v) is 5.48. The predicted octanol–water partition coefficient (Wildman–Crippen LogP) is 2.09. The molecule has 1 rings (SSSR count). The second-order valence-electron chi connectivity index (χ2n) is 5.20. The van der Waals surface area contributed by atoms with Gasteiger partial charge in [0, 0.05) is 11.9 Å². The topological polar surface area (TPSA) is 75.1 Å². The fourth-order valence-electron chi connectivity index (χ4n) is 1.21. The average molecular weight is 237 g/mol. The molecule has 5 nitrogen and oxygen atoms in total. The van der Waals surface area contributed by atoms with E-state index in [-0.39, 0.29) is 0 Å². The van der Waals surface area contributed by atoms with Gasteiger partial charge in [0.2, 0.25) is 5.95 Å². The smallest absolute Gasteiger partial charge is 0.311 e. The molecule has 5 heteroatoms. The van der Waals surface area contributed by atoms with Crippen molar-refractivity contribution in [3.05, 3.63) is 18.0 Å². The van der Waals surface area contributed by atoms with Crippen LogP contribution in [0, 0.1) is 12.3 Å². The van der Waals surface area contributed by atoms with Gasteiger partial charge in [-0.25, -0.2) is 9.97 Å². The highest BCUT2D eigenvalue weighted by Gasteiger charge is 2.43.